The molecule has 0 saturated carbocycles. The Bertz CT molecular complexity index is 738. The zero-order valence-electron chi connectivity index (χ0n) is 11.9. The molecule has 0 amide bonds. The van der Waals surface area contributed by atoms with Crippen molar-refractivity contribution in [2.24, 2.45) is 5.73 Å². The van der Waals surface area contributed by atoms with Gasteiger partial charge in [0.1, 0.15) is 0 Å². The van der Waals surface area contributed by atoms with E-state index in [2.05, 4.69) is 35.3 Å². The number of rotatable bonds is 5. The topological polar surface area (TPSA) is 56.2 Å². The first-order valence-electron chi connectivity index (χ1n) is 7.09. The van der Waals surface area contributed by atoms with E-state index in [0.717, 1.165) is 23.6 Å². The van der Waals surface area contributed by atoms with Crippen LogP contribution in [0, 0.1) is 0 Å². The number of hydrogen-bond donors (Lipinski definition) is 1. The molecule has 0 spiro atoms. The lowest BCUT2D eigenvalue weighted by Crippen LogP contribution is -2.21. The fourth-order valence-electron chi connectivity index (χ4n) is 2.19. The van der Waals surface area contributed by atoms with Gasteiger partial charge in [0.2, 0.25) is 0 Å². The van der Waals surface area contributed by atoms with Crippen molar-refractivity contribution in [3.8, 4) is 0 Å². The number of nitrogens with zero attached hydrogens (tertiary/aromatic N) is 3. The third kappa shape index (κ3) is 3.09. The van der Waals surface area contributed by atoms with Crippen LogP contribution in [-0.2, 0) is 6.42 Å². The van der Waals surface area contributed by atoms with Crippen molar-refractivity contribution in [1.29, 1.82) is 0 Å². The first-order valence-corrected chi connectivity index (χ1v) is 7.90. The van der Waals surface area contributed by atoms with E-state index in [9.17, 15) is 0 Å². The Labute approximate surface area is 128 Å². The number of hydrogen-bond acceptors (Lipinski definition) is 4. The third-order valence-corrected chi connectivity index (χ3v) is 4.54. The molecule has 0 radical (unpaired) electrons. The lowest BCUT2D eigenvalue weighted by molar-refractivity contribution is 0.641. The van der Waals surface area contributed by atoms with Gasteiger partial charge in [-0.15, -0.1) is 10.2 Å². The summed E-state index contributed by atoms with van der Waals surface area (Å²) in [5.74, 6) is 0. The monoisotopic (exact) mass is 298 g/mol. The Morgan fingerprint density at radius 2 is 1.95 bits per heavy atom. The van der Waals surface area contributed by atoms with Crippen molar-refractivity contribution in [2.75, 3.05) is 0 Å². The van der Waals surface area contributed by atoms with Gasteiger partial charge in [-0.3, -0.25) is 4.40 Å². The highest BCUT2D eigenvalue weighted by Gasteiger charge is 2.11. The predicted molar refractivity (Wildman–Crippen MR) is 85.5 cm³/mol. The van der Waals surface area contributed by atoms with E-state index in [4.69, 9.17) is 5.73 Å². The quantitative estimate of drug-likeness (QED) is 0.786. The highest BCUT2D eigenvalue weighted by atomic mass is 32.2. The van der Waals surface area contributed by atoms with Gasteiger partial charge >= 0.3 is 0 Å². The highest BCUT2D eigenvalue weighted by Crippen LogP contribution is 2.30. The predicted octanol–water partition coefficient (Wildman–Crippen LogP) is 3.16. The minimum Gasteiger partial charge on any atom is -0.327 e. The Balaban J connectivity index is 1.91. The van der Waals surface area contributed by atoms with E-state index < -0.39 is 0 Å². The molecular weight excluding hydrogens is 280 g/mol. The Morgan fingerprint density at radius 1 is 1.14 bits per heavy atom. The van der Waals surface area contributed by atoms with Crippen LogP contribution >= 0.6 is 11.8 Å². The first kappa shape index (κ1) is 14.1. The minimum absolute atomic E-state index is 0.196. The summed E-state index contributed by atoms with van der Waals surface area (Å²) in [5, 5.41) is 9.34. The summed E-state index contributed by atoms with van der Waals surface area (Å²) in [5.41, 5.74) is 8.23. The summed E-state index contributed by atoms with van der Waals surface area (Å²) in [4.78, 5) is 1.19. The molecule has 21 heavy (non-hydrogen) atoms. The van der Waals surface area contributed by atoms with Crippen LogP contribution in [0.1, 0.15) is 18.9 Å². The van der Waals surface area contributed by atoms with Crippen molar-refractivity contribution < 1.29 is 0 Å². The van der Waals surface area contributed by atoms with Gasteiger partial charge in [0.15, 0.2) is 10.8 Å². The van der Waals surface area contributed by atoms with E-state index in [0.29, 0.717) is 0 Å². The summed E-state index contributed by atoms with van der Waals surface area (Å²) in [7, 11) is 0. The van der Waals surface area contributed by atoms with Gasteiger partial charge in [-0.1, -0.05) is 31.2 Å². The molecular formula is C16H18N4S. The van der Waals surface area contributed by atoms with Gasteiger partial charge in [-0.05, 0) is 48.4 Å². The first-order chi connectivity index (χ1) is 10.3. The molecule has 1 atom stereocenters. The van der Waals surface area contributed by atoms with E-state index >= 15 is 0 Å². The minimum atomic E-state index is 0.196. The van der Waals surface area contributed by atoms with Gasteiger partial charge in [0, 0.05) is 17.1 Å². The maximum absolute atomic E-state index is 6.10. The van der Waals surface area contributed by atoms with Crippen molar-refractivity contribution in [1.82, 2.24) is 14.6 Å². The summed E-state index contributed by atoms with van der Waals surface area (Å²) >= 11 is 1.64. The molecule has 108 valence electrons. The largest absolute Gasteiger partial charge is 0.327 e. The normalized spacial score (nSPS) is 12.7. The molecule has 1 aromatic carbocycles. The van der Waals surface area contributed by atoms with Gasteiger partial charge in [-0.25, -0.2) is 0 Å². The molecule has 1 unspecified atom stereocenters. The van der Waals surface area contributed by atoms with Crippen LogP contribution in [0.3, 0.4) is 0 Å². The second-order valence-corrected chi connectivity index (χ2v) is 6.00. The fraction of sp³-hybridized carbons (Fsp3) is 0.250. The van der Waals surface area contributed by atoms with Crippen LogP contribution in [0.25, 0.3) is 5.65 Å². The molecule has 0 aliphatic heterocycles. The van der Waals surface area contributed by atoms with Gasteiger partial charge in [0.05, 0.1) is 0 Å². The van der Waals surface area contributed by atoms with Crippen molar-refractivity contribution in [3.63, 3.8) is 0 Å². The van der Waals surface area contributed by atoms with Gasteiger partial charge in [0.25, 0.3) is 0 Å². The molecule has 3 rings (SSSR count). The molecule has 0 aliphatic carbocycles. The Hall–Kier alpha value is -1.85. The number of fused-ring (bicyclic) bond motifs is 1. The summed E-state index contributed by atoms with van der Waals surface area (Å²) in [6.45, 7) is 2.12. The third-order valence-electron chi connectivity index (χ3n) is 3.46. The molecule has 0 aliphatic rings. The van der Waals surface area contributed by atoms with Crippen molar-refractivity contribution >= 4 is 17.4 Å². The molecule has 4 nitrogen and oxygen atoms in total. The fourth-order valence-corrected chi connectivity index (χ4v) is 3.15. The Kier molecular flexibility index (Phi) is 4.22. The number of nitrogens with two attached hydrogens (primary N) is 1. The van der Waals surface area contributed by atoms with Crippen LogP contribution in [0.5, 0.6) is 0 Å². The average Bonchev–Trinajstić information content (AvgIpc) is 2.92. The second-order valence-electron chi connectivity index (χ2n) is 4.99. The van der Waals surface area contributed by atoms with Crippen molar-refractivity contribution in [2.45, 2.75) is 35.9 Å². The maximum Gasteiger partial charge on any atom is 0.200 e. The second kappa shape index (κ2) is 6.28. The van der Waals surface area contributed by atoms with Crippen LogP contribution in [0.4, 0.5) is 0 Å². The number of pyridine rings is 1. The smallest absolute Gasteiger partial charge is 0.200 e. The molecule has 0 fully saturated rings. The van der Waals surface area contributed by atoms with Crippen LogP contribution in [-0.4, -0.2) is 20.6 Å². The summed E-state index contributed by atoms with van der Waals surface area (Å²) < 4.78 is 2.00. The number of aromatic nitrogens is 3. The number of benzene rings is 1. The molecule has 0 bridgehead atoms. The van der Waals surface area contributed by atoms with E-state index in [1.165, 1.54) is 10.5 Å². The Morgan fingerprint density at radius 3 is 2.81 bits per heavy atom. The molecule has 0 saturated heterocycles. The molecule has 3 aromatic rings. The SMILES string of the molecule is CCC(N)Cc1ccccc1Sc1nnc2ccccn12. The molecule has 2 N–H and O–H groups in total. The van der Waals surface area contributed by atoms with Crippen LogP contribution < -0.4 is 5.73 Å². The molecule has 2 aromatic heterocycles. The summed E-state index contributed by atoms with van der Waals surface area (Å²) in [6, 6.07) is 14.5. The van der Waals surface area contributed by atoms with Crippen LogP contribution in [0.2, 0.25) is 0 Å². The van der Waals surface area contributed by atoms with E-state index in [-0.39, 0.29) is 6.04 Å². The lowest BCUT2D eigenvalue weighted by atomic mass is 10.1. The van der Waals surface area contributed by atoms with Crippen LogP contribution in [0.15, 0.2) is 58.7 Å². The molecule has 2 heterocycles. The van der Waals surface area contributed by atoms with E-state index in [1.54, 1.807) is 11.8 Å². The van der Waals surface area contributed by atoms with E-state index in [1.807, 2.05) is 34.9 Å². The molecule has 5 heteroatoms. The highest BCUT2D eigenvalue weighted by molar-refractivity contribution is 7.99. The maximum atomic E-state index is 6.10. The zero-order valence-corrected chi connectivity index (χ0v) is 12.8. The zero-order chi connectivity index (χ0) is 14.7. The lowest BCUT2D eigenvalue weighted by Gasteiger charge is -2.12. The average molecular weight is 298 g/mol. The van der Waals surface area contributed by atoms with Gasteiger partial charge < -0.3 is 5.73 Å². The van der Waals surface area contributed by atoms with Crippen molar-refractivity contribution in [3.05, 3.63) is 54.2 Å². The van der Waals surface area contributed by atoms with Gasteiger partial charge in [-0.2, -0.15) is 0 Å². The summed E-state index contributed by atoms with van der Waals surface area (Å²) in [6.07, 6.45) is 3.85. The standard InChI is InChI=1S/C16H18N4S/c1-2-13(17)11-12-7-3-4-8-14(12)21-16-19-18-15-9-5-6-10-20(15)16/h3-10,13H,2,11,17H2,1H3.